The van der Waals surface area contributed by atoms with Crippen LogP contribution in [-0.4, -0.2) is 40.2 Å². The number of hydrogen-bond acceptors (Lipinski definition) is 4. The summed E-state index contributed by atoms with van der Waals surface area (Å²) in [6.07, 6.45) is -0.412. The van der Waals surface area contributed by atoms with Crippen molar-refractivity contribution in [1.82, 2.24) is 4.90 Å². The van der Waals surface area contributed by atoms with Gasteiger partial charge >= 0.3 is 11.8 Å². The minimum atomic E-state index is -1.06. The van der Waals surface area contributed by atoms with Gasteiger partial charge in [-0.3, -0.25) is 10.1 Å². The van der Waals surface area contributed by atoms with Crippen LogP contribution in [0.4, 0.5) is 14.9 Å². The number of rotatable bonds is 3. The average molecular weight is 284 g/mol. The number of nitro groups is 1. The molecule has 0 radical (unpaired) electrons. The first-order chi connectivity index (χ1) is 9.47. The standard InChI is InChI=1S/C12H13FN2O5/c13-8-3-4-10(15(18)19)11(6-8)20-9-2-1-5-14(7-9)12(16)17/h3-4,6,9H,1-2,5,7H2,(H,16,17)/t9-/m1/s1. The number of hydrogen-bond donors (Lipinski definition) is 1. The Morgan fingerprint density at radius 2 is 2.30 bits per heavy atom. The number of amides is 1. The Hall–Kier alpha value is -2.38. The summed E-state index contributed by atoms with van der Waals surface area (Å²) in [5.74, 6) is -0.816. The van der Waals surface area contributed by atoms with Gasteiger partial charge in [0.05, 0.1) is 11.5 Å². The molecule has 1 fully saturated rings. The number of piperidine rings is 1. The van der Waals surface area contributed by atoms with Crippen molar-refractivity contribution < 1.29 is 24.0 Å². The number of benzene rings is 1. The molecule has 0 bridgehead atoms. The number of carboxylic acid groups (broad SMARTS) is 1. The maximum absolute atomic E-state index is 13.2. The molecule has 1 aromatic rings. The highest BCUT2D eigenvalue weighted by atomic mass is 19.1. The van der Waals surface area contributed by atoms with Crippen LogP contribution in [0.1, 0.15) is 12.8 Å². The zero-order chi connectivity index (χ0) is 14.7. The van der Waals surface area contributed by atoms with Crippen molar-refractivity contribution in [3.05, 3.63) is 34.1 Å². The van der Waals surface area contributed by atoms with Crippen LogP contribution >= 0.6 is 0 Å². The van der Waals surface area contributed by atoms with Gasteiger partial charge in [-0.2, -0.15) is 0 Å². The van der Waals surface area contributed by atoms with Crippen molar-refractivity contribution in [3.8, 4) is 5.75 Å². The van der Waals surface area contributed by atoms with Gasteiger partial charge in [0.25, 0.3) is 0 Å². The third kappa shape index (κ3) is 3.14. The number of likely N-dealkylation sites (tertiary alicyclic amines) is 1. The molecule has 1 aliphatic rings. The lowest BCUT2D eigenvalue weighted by molar-refractivity contribution is -0.386. The van der Waals surface area contributed by atoms with E-state index < -0.39 is 22.9 Å². The second kappa shape index (κ2) is 5.72. The van der Waals surface area contributed by atoms with Gasteiger partial charge in [0.2, 0.25) is 0 Å². The van der Waals surface area contributed by atoms with Crippen LogP contribution in [0.3, 0.4) is 0 Å². The molecule has 20 heavy (non-hydrogen) atoms. The Labute approximate surface area is 113 Å². The van der Waals surface area contributed by atoms with Gasteiger partial charge in [0.1, 0.15) is 11.9 Å². The third-order valence-electron chi connectivity index (χ3n) is 3.06. The lowest BCUT2D eigenvalue weighted by Gasteiger charge is -2.30. The summed E-state index contributed by atoms with van der Waals surface area (Å²) in [5, 5.41) is 19.8. The van der Waals surface area contributed by atoms with E-state index >= 15 is 0 Å². The summed E-state index contributed by atoms with van der Waals surface area (Å²) >= 11 is 0. The van der Waals surface area contributed by atoms with Crippen LogP contribution in [0.2, 0.25) is 0 Å². The fourth-order valence-electron chi connectivity index (χ4n) is 2.12. The van der Waals surface area contributed by atoms with Crippen LogP contribution in [-0.2, 0) is 0 Å². The summed E-state index contributed by atoms with van der Waals surface area (Å²) in [5.41, 5.74) is -0.334. The summed E-state index contributed by atoms with van der Waals surface area (Å²) in [7, 11) is 0. The molecule has 0 aliphatic carbocycles. The smallest absolute Gasteiger partial charge is 0.407 e. The zero-order valence-corrected chi connectivity index (χ0v) is 10.5. The molecular weight excluding hydrogens is 271 g/mol. The highest BCUT2D eigenvalue weighted by molar-refractivity contribution is 5.65. The van der Waals surface area contributed by atoms with E-state index in [1.54, 1.807) is 0 Å². The predicted molar refractivity (Wildman–Crippen MR) is 66.3 cm³/mol. The van der Waals surface area contributed by atoms with E-state index in [2.05, 4.69) is 0 Å². The Kier molecular flexibility index (Phi) is 4.02. The van der Waals surface area contributed by atoms with Crippen LogP contribution < -0.4 is 4.74 Å². The van der Waals surface area contributed by atoms with Crippen LogP contribution in [0, 0.1) is 15.9 Å². The quantitative estimate of drug-likeness (QED) is 0.678. The first-order valence-electron chi connectivity index (χ1n) is 6.06. The summed E-state index contributed by atoms with van der Waals surface area (Å²) in [6, 6.07) is 2.95. The van der Waals surface area contributed by atoms with Gasteiger partial charge in [-0.15, -0.1) is 0 Å². The third-order valence-corrected chi connectivity index (χ3v) is 3.06. The van der Waals surface area contributed by atoms with Gasteiger partial charge in [0.15, 0.2) is 5.75 Å². The number of halogens is 1. The van der Waals surface area contributed by atoms with Crippen molar-refractivity contribution in [2.45, 2.75) is 18.9 Å². The molecule has 0 saturated carbocycles. The van der Waals surface area contributed by atoms with E-state index in [1.807, 2.05) is 0 Å². The second-order valence-corrected chi connectivity index (χ2v) is 4.48. The van der Waals surface area contributed by atoms with Crippen LogP contribution in [0.5, 0.6) is 5.75 Å². The van der Waals surface area contributed by atoms with E-state index in [4.69, 9.17) is 9.84 Å². The van der Waals surface area contributed by atoms with Crippen LogP contribution in [0.15, 0.2) is 18.2 Å². The minimum absolute atomic E-state index is 0.114. The van der Waals surface area contributed by atoms with E-state index in [9.17, 15) is 19.3 Å². The predicted octanol–water partition coefficient (Wildman–Crippen LogP) is 2.26. The molecule has 1 aliphatic heterocycles. The molecule has 2 rings (SSSR count). The maximum atomic E-state index is 13.2. The van der Waals surface area contributed by atoms with Crippen LogP contribution in [0.25, 0.3) is 0 Å². The highest BCUT2D eigenvalue weighted by Crippen LogP contribution is 2.29. The molecule has 1 atom stereocenters. The molecule has 1 saturated heterocycles. The largest absolute Gasteiger partial charge is 0.482 e. The molecule has 108 valence electrons. The van der Waals surface area contributed by atoms with E-state index in [-0.39, 0.29) is 18.0 Å². The summed E-state index contributed by atoms with van der Waals surface area (Å²) in [6.45, 7) is 0.517. The SMILES string of the molecule is O=C(O)N1CCC[C@@H](Oc2cc(F)ccc2[N+](=O)[O-])C1. The fraction of sp³-hybridized carbons (Fsp3) is 0.417. The average Bonchev–Trinajstić information content (AvgIpc) is 2.38. The van der Waals surface area contributed by atoms with Gasteiger partial charge in [0, 0.05) is 18.7 Å². The maximum Gasteiger partial charge on any atom is 0.407 e. The van der Waals surface area contributed by atoms with Crippen molar-refractivity contribution in [1.29, 1.82) is 0 Å². The number of carbonyl (C=O) groups is 1. The zero-order valence-electron chi connectivity index (χ0n) is 10.5. The topological polar surface area (TPSA) is 92.9 Å². The Balaban J connectivity index is 2.15. The number of ether oxygens (including phenoxy) is 1. The molecule has 1 amide bonds. The molecular formula is C12H13FN2O5. The first-order valence-corrected chi connectivity index (χ1v) is 6.06. The van der Waals surface area contributed by atoms with E-state index in [0.29, 0.717) is 19.4 Å². The number of nitro benzene ring substituents is 1. The van der Waals surface area contributed by atoms with Crippen molar-refractivity contribution in [3.63, 3.8) is 0 Å². The molecule has 1 aromatic carbocycles. The molecule has 7 nitrogen and oxygen atoms in total. The summed E-state index contributed by atoms with van der Waals surface area (Å²) in [4.78, 5) is 22.2. The minimum Gasteiger partial charge on any atom is -0.482 e. The highest BCUT2D eigenvalue weighted by Gasteiger charge is 2.27. The summed E-state index contributed by atoms with van der Waals surface area (Å²) < 4.78 is 18.6. The molecule has 1 N–H and O–H groups in total. The Morgan fingerprint density at radius 1 is 1.55 bits per heavy atom. The van der Waals surface area contributed by atoms with Crippen molar-refractivity contribution >= 4 is 11.8 Å². The Morgan fingerprint density at radius 3 is 2.95 bits per heavy atom. The molecule has 8 heteroatoms. The van der Waals surface area contributed by atoms with Crippen molar-refractivity contribution in [2.24, 2.45) is 0 Å². The molecule has 0 spiro atoms. The molecule has 0 aromatic heterocycles. The Bertz CT molecular complexity index is 537. The van der Waals surface area contributed by atoms with Gasteiger partial charge in [-0.05, 0) is 18.9 Å². The molecule has 0 unspecified atom stereocenters. The van der Waals surface area contributed by atoms with E-state index in [1.165, 1.54) is 4.90 Å². The fourth-order valence-corrected chi connectivity index (χ4v) is 2.12. The monoisotopic (exact) mass is 284 g/mol. The van der Waals surface area contributed by atoms with Gasteiger partial charge in [-0.25, -0.2) is 9.18 Å². The van der Waals surface area contributed by atoms with Gasteiger partial charge < -0.3 is 14.7 Å². The second-order valence-electron chi connectivity index (χ2n) is 4.48. The lowest BCUT2D eigenvalue weighted by atomic mass is 10.1. The van der Waals surface area contributed by atoms with Crippen molar-refractivity contribution in [2.75, 3.05) is 13.1 Å². The van der Waals surface area contributed by atoms with E-state index in [0.717, 1.165) is 18.2 Å². The lowest BCUT2D eigenvalue weighted by Crippen LogP contribution is -2.43. The number of nitrogens with zero attached hydrogens (tertiary/aromatic N) is 2. The van der Waals surface area contributed by atoms with Gasteiger partial charge in [-0.1, -0.05) is 0 Å². The normalized spacial score (nSPS) is 18.6. The molecule has 1 heterocycles. The first kappa shape index (κ1) is 14.0.